The van der Waals surface area contributed by atoms with Crippen LogP contribution in [0.4, 0.5) is 0 Å². The van der Waals surface area contributed by atoms with E-state index in [4.69, 9.17) is 0 Å². The zero-order valence-electron chi connectivity index (χ0n) is 16.8. The Morgan fingerprint density at radius 1 is 0.500 bits per heavy atom. The molecule has 0 amide bonds. The third-order valence-electron chi connectivity index (χ3n) is 5.25. The highest BCUT2D eigenvalue weighted by molar-refractivity contribution is 5.36. The van der Waals surface area contributed by atoms with Gasteiger partial charge in [0.1, 0.15) is 0 Å². The van der Waals surface area contributed by atoms with Crippen molar-refractivity contribution in [2.24, 2.45) is 0 Å². The van der Waals surface area contributed by atoms with Gasteiger partial charge >= 0.3 is 0 Å². The standard InChI is InChI=1S/C24H42/c1-4-7-10-13-17-22-19-16-20-23(18-14-11-8-5-2)24(22)21-15-12-9-6-3/h16,19-20H,4-15,17-18,21H2,1-3H3. The van der Waals surface area contributed by atoms with Crippen molar-refractivity contribution in [2.45, 2.75) is 117 Å². The molecule has 0 aliphatic heterocycles. The second-order valence-corrected chi connectivity index (χ2v) is 7.49. The van der Waals surface area contributed by atoms with E-state index >= 15 is 0 Å². The van der Waals surface area contributed by atoms with Crippen LogP contribution in [0.5, 0.6) is 0 Å². The van der Waals surface area contributed by atoms with Crippen LogP contribution in [0.15, 0.2) is 18.2 Å². The summed E-state index contributed by atoms with van der Waals surface area (Å²) in [6.07, 6.45) is 20.4. The average molecular weight is 331 g/mol. The van der Waals surface area contributed by atoms with Crippen molar-refractivity contribution in [2.75, 3.05) is 0 Å². The zero-order chi connectivity index (χ0) is 17.5. The van der Waals surface area contributed by atoms with E-state index in [0.29, 0.717) is 0 Å². The van der Waals surface area contributed by atoms with Gasteiger partial charge in [-0.25, -0.2) is 0 Å². The van der Waals surface area contributed by atoms with Crippen molar-refractivity contribution in [1.82, 2.24) is 0 Å². The summed E-state index contributed by atoms with van der Waals surface area (Å²) in [6, 6.07) is 7.15. The molecule has 0 bridgehead atoms. The summed E-state index contributed by atoms with van der Waals surface area (Å²) in [5, 5.41) is 0. The highest BCUT2D eigenvalue weighted by Gasteiger charge is 2.08. The Morgan fingerprint density at radius 2 is 0.917 bits per heavy atom. The van der Waals surface area contributed by atoms with E-state index in [1.807, 2.05) is 0 Å². The first-order chi connectivity index (χ1) is 11.8. The Hall–Kier alpha value is -0.780. The van der Waals surface area contributed by atoms with Gasteiger partial charge in [0, 0.05) is 0 Å². The summed E-state index contributed by atoms with van der Waals surface area (Å²) in [5.41, 5.74) is 5.05. The van der Waals surface area contributed by atoms with Crippen molar-refractivity contribution in [3.8, 4) is 0 Å². The number of benzene rings is 1. The molecule has 0 saturated heterocycles. The van der Waals surface area contributed by atoms with E-state index in [2.05, 4.69) is 39.0 Å². The van der Waals surface area contributed by atoms with Gasteiger partial charge in [-0.15, -0.1) is 0 Å². The lowest BCUT2D eigenvalue weighted by molar-refractivity contribution is 0.639. The van der Waals surface area contributed by atoms with Gasteiger partial charge in [-0.05, 0) is 55.2 Å². The van der Waals surface area contributed by atoms with Crippen LogP contribution >= 0.6 is 0 Å². The molecule has 1 aromatic rings. The van der Waals surface area contributed by atoms with E-state index < -0.39 is 0 Å². The third-order valence-corrected chi connectivity index (χ3v) is 5.25. The lowest BCUT2D eigenvalue weighted by Gasteiger charge is -2.15. The topological polar surface area (TPSA) is 0 Å². The van der Waals surface area contributed by atoms with E-state index in [-0.39, 0.29) is 0 Å². The largest absolute Gasteiger partial charge is 0.0654 e. The first kappa shape index (κ1) is 21.3. The van der Waals surface area contributed by atoms with Crippen molar-refractivity contribution in [3.05, 3.63) is 34.9 Å². The normalized spacial score (nSPS) is 11.1. The Labute approximate surface area is 152 Å². The molecule has 0 saturated carbocycles. The van der Waals surface area contributed by atoms with Crippen molar-refractivity contribution in [1.29, 1.82) is 0 Å². The minimum absolute atomic E-state index is 1.30. The summed E-state index contributed by atoms with van der Waals surface area (Å²) in [4.78, 5) is 0. The number of hydrogen-bond acceptors (Lipinski definition) is 0. The molecule has 0 N–H and O–H groups in total. The Balaban J connectivity index is 2.67. The zero-order valence-corrected chi connectivity index (χ0v) is 16.8. The minimum atomic E-state index is 1.30. The van der Waals surface area contributed by atoms with Gasteiger partial charge < -0.3 is 0 Å². The van der Waals surface area contributed by atoms with Gasteiger partial charge in [0.15, 0.2) is 0 Å². The molecule has 0 aliphatic rings. The molecular weight excluding hydrogens is 288 g/mol. The molecule has 1 rings (SSSR count). The fourth-order valence-corrected chi connectivity index (χ4v) is 3.69. The van der Waals surface area contributed by atoms with Crippen LogP contribution in [0.25, 0.3) is 0 Å². The van der Waals surface area contributed by atoms with Gasteiger partial charge in [-0.1, -0.05) is 96.8 Å². The van der Waals surface area contributed by atoms with E-state index in [9.17, 15) is 0 Å². The van der Waals surface area contributed by atoms with Crippen LogP contribution in [0, 0.1) is 0 Å². The number of hydrogen-bond donors (Lipinski definition) is 0. The highest BCUT2D eigenvalue weighted by atomic mass is 14.1. The quantitative estimate of drug-likeness (QED) is 0.285. The molecule has 0 atom stereocenters. The maximum atomic E-state index is 2.41. The molecule has 0 heteroatoms. The van der Waals surface area contributed by atoms with Crippen LogP contribution in [-0.2, 0) is 19.3 Å². The van der Waals surface area contributed by atoms with Gasteiger partial charge in [0.05, 0.1) is 0 Å². The summed E-state index contributed by atoms with van der Waals surface area (Å²) >= 11 is 0. The summed E-state index contributed by atoms with van der Waals surface area (Å²) < 4.78 is 0. The molecule has 138 valence electrons. The van der Waals surface area contributed by atoms with Gasteiger partial charge in [-0.2, -0.15) is 0 Å². The molecular formula is C24H42. The fourth-order valence-electron chi connectivity index (χ4n) is 3.69. The number of rotatable bonds is 15. The SMILES string of the molecule is CCCCCCc1cccc(CCCCCC)c1CCCCCC. The average Bonchev–Trinajstić information content (AvgIpc) is 2.60. The molecule has 0 nitrogen and oxygen atoms in total. The third kappa shape index (κ3) is 8.90. The molecule has 24 heavy (non-hydrogen) atoms. The number of unbranched alkanes of at least 4 members (excludes halogenated alkanes) is 9. The molecule has 0 unspecified atom stereocenters. The Morgan fingerprint density at radius 3 is 1.33 bits per heavy atom. The van der Waals surface area contributed by atoms with Gasteiger partial charge in [-0.3, -0.25) is 0 Å². The molecule has 0 heterocycles. The maximum absolute atomic E-state index is 2.41. The van der Waals surface area contributed by atoms with Crippen molar-refractivity contribution >= 4 is 0 Å². The molecule has 0 radical (unpaired) electrons. The van der Waals surface area contributed by atoms with Gasteiger partial charge in [0.2, 0.25) is 0 Å². The van der Waals surface area contributed by atoms with E-state index in [1.165, 1.54) is 96.3 Å². The second-order valence-electron chi connectivity index (χ2n) is 7.49. The van der Waals surface area contributed by atoms with Crippen LogP contribution < -0.4 is 0 Å². The first-order valence-electron chi connectivity index (χ1n) is 10.9. The predicted molar refractivity (Wildman–Crippen MR) is 110 cm³/mol. The fraction of sp³-hybridized carbons (Fsp3) is 0.750. The monoisotopic (exact) mass is 330 g/mol. The van der Waals surface area contributed by atoms with E-state index in [0.717, 1.165) is 0 Å². The summed E-state index contributed by atoms with van der Waals surface area (Å²) in [6.45, 7) is 6.91. The maximum Gasteiger partial charge on any atom is -0.0273 e. The predicted octanol–water partition coefficient (Wildman–Crippen LogP) is 8.06. The lowest BCUT2D eigenvalue weighted by atomic mass is 9.90. The van der Waals surface area contributed by atoms with Crippen LogP contribution in [0.1, 0.15) is 115 Å². The van der Waals surface area contributed by atoms with Crippen LogP contribution in [0.3, 0.4) is 0 Å². The summed E-state index contributed by atoms with van der Waals surface area (Å²) in [5.74, 6) is 0. The molecule has 0 spiro atoms. The molecule has 0 fully saturated rings. The molecule has 0 aromatic heterocycles. The first-order valence-corrected chi connectivity index (χ1v) is 10.9. The minimum Gasteiger partial charge on any atom is -0.0654 e. The Kier molecular flexibility index (Phi) is 12.9. The van der Waals surface area contributed by atoms with Crippen molar-refractivity contribution in [3.63, 3.8) is 0 Å². The molecule has 0 aliphatic carbocycles. The van der Waals surface area contributed by atoms with Crippen LogP contribution in [-0.4, -0.2) is 0 Å². The van der Waals surface area contributed by atoms with E-state index in [1.54, 1.807) is 16.7 Å². The highest BCUT2D eigenvalue weighted by Crippen LogP contribution is 2.23. The van der Waals surface area contributed by atoms with Crippen molar-refractivity contribution < 1.29 is 0 Å². The number of aryl methyl sites for hydroxylation is 2. The second kappa shape index (κ2) is 14.6. The lowest BCUT2D eigenvalue weighted by Crippen LogP contribution is -2.02. The van der Waals surface area contributed by atoms with Gasteiger partial charge in [0.25, 0.3) is 0 Å². The smallest absolute Gasteiger partial charge is 0.0273 e. The summed E-state index contributed by atoms with van der Waals surface area (Å²) in [7, 11) is 0. The van der Waals surface area contributed by atoms with Crippen LogP contribution in [0.2, 0.25) is 0 Å². The Bertz CT molecular complexity index is 374. The molecule has 1 aromatic carbocycles.